The van der Waals surface area contributed by atoms with Crippen LogP contribution in [0.1, 0.15) is 49.7 Å². The van der Waals surface area contributed by atoms with Crippen molar-refractivity contribution < 1.29 is 14.3 Å². The van der Waals surface area contributed by atoms with Crippen LogP contribution in [0.5, 0.6) is 0 Å². The van der Waals surface area contributed by atoms with Crippen LogP contribution < -0.4 is 0 Å². The minimum Gasteiger partial charge on any atom is -0.454 e. The lowest BCUT2D eigenvalue weighted by Gasteiger charge is -2.07. The maximum Gasteiger partial charge on any atom is 0.338 e. The van der Waals surface area contributed by atoms with Gasteiger partial charge in [-0.1, -0.05) is 12.1 Å². The molecule has 27 heavy (non-hydrogen) atoms. The Bertz CT molecular complexity index is 1070. The minimum atomic E-state index is -0.536. The highest BCUT2D eigenvalue weighted by atomic mass is 16.5. The predicted molar refractivity (Wildman–Crippen MR) is 102 cm³/mol. The number of benzene rings is 2. The van der Waals surface area contributed by atoms with Crippen molar-refractivity contribution in [2.24, 2.45) is 0 Å². The molecule has 0 spiro atoms. The Hall–Kier alpha value is -3.08. The summed E-state index contributed by atoms with van der Waals surface area (Å²) in [5.41, 5.74) is 6.54. The summed E-state index contributed by atoms with van der Waals surface area (Å²) in [5, 5.41) is 0. The summed E-state index contributed by atoms with van der Waals surface area (Å²) in [5.74, 6) is -0.725. The first kappa shape index (κ1) is 17.3. The number of hydrogen-bond acceptors (Lipinski definition) is 5. The summed E-state index contributed by atoms with van der Waals surface area (Å²) in [7, 11) is 0. The smallest absolute Gasteiger partial charge is 0.338 e. The molecule has 136 valence electrons. The number of ketones is 1. The molecule has 0 fully saturated rings. The Morgan fingerprint density at radius 1 is 0.889 bits per heavy atom. The van der Waals surface area contributed by atoms with Crippen molar-refractivity contribution in [1.82, 2.24) is 9.97 Å². The number of Topliss-reactive ketones (excluding diaryl/α,β-unsaturated/α-hetero) is 1. The highest BCUT2D eigenvalue weighted by molar-refractivity contribution is 6.00. The average Bonchev–Trinajstić information content (AvgIpc) is 3.14. The van der Waals surface area contributed by atoms with Crippen molar-refractivity contribution in [1.29, 1.82) is 0 Å². The lowest BCUT2D eigenvalue weighted by Crippen LogP contribution is -2.14. The summed E-state index contributed by atoms with van der Waals surface area (Å²) in [6.45, 7) is 3.50. The fraction of sp³-hybridized carbons (Fsp3) is 0.273. The number of hydrogen-bond donors (Lipinski definition) is 0. The number of rotatable bonds is 4. The van der Waals surface area contributed by atoms with Gasteiger partial charge in [-0.25, -0.2) is 14.8 Å². The quantitative estimate of drug-likeness (QED) is 0.523. The second-order valence-electron chi connectivity index (χ2n) is 6.93. The van der Waals surface area contributed by atoms with E-state index in [1.54, 1.807) is 18.2 Å². The maximum absolute atomic E-state index is 12.4. The van der Waals surface area contributed by atoms with Crippen molar-refractivity contribution in [3.05, 3.63) is 70.0 Å². The van der Waals surface area contributed by atoms with E-state index >= 15 is 0 Å². The Kier molecular flexibility index (Phi) is 4.44. The minimum absolute atomic E-state index is 0.190. The van der Waals surface area contributed by atoms with Crippen LogP contribution in [-0.2, 0) is 17.6 Å². The normalized spacial score (nSPS) is 12.8. The third-order valence-corrected chi connectivity index (χ3v) is 5.07. The Labute approximate surface area is 157 Å². The molecule has 2 aromatic carbocycles. The molecule has 5 nitrogen and oxygen atoms in total. The van der Waals surface area contributed by atoms with Crippen molar-refractivity contribution in [2.45, 2.75) is 33.1 Å². The van der Waals surface area contributed by atoms with Gasteiger partial charge in [0.1, 0.15) is 0 Å². The molecule has 4 rings (SSSR count). The van der Waals surface area contributed by atoms with Crippen LogP contribution in [0.2, 0.25) is 0 Å². The van der Waals surface area contributed by atoms with E-state index in [0.29, 0.717) is 16.6 Å². The molecule has 1 aliphatic carbocycles. The van der Waals surface area contributed by atoms with Crippen LogP contribution in [0.4, 0.5) is 0 Å². The summed E-state index contributed by atoms with van der Waals surface area (Å²) < 4.78 is 5.23. The van der Waals surface area contributed by atoms with E-state index in [4.69, 9.17) is 4.74 Å². The van der Waals surface area contributed by atoms with E-state index in [1.807, 2.05) is 32.0 Å². The van der Waals surface area contributed by atoms with E-state index in [1.165, 1.54) is 11.1 Å². The highest BCUT2D eigenvalue weighted by Crippen LogP contribution is 2.23. The molecule has 0 saturated heterocycles. The number of carbonyl (C=O) groups is 2. The summed E-state index contributed by atoms with van der Waals surface area (Å²) >= 11 is 0. The molecule has 1 heterocycles. The molecular weight excluding hydrogens is 340 g/mol. The Morgan fingerprint density at radius 2 is 1.59 bits per heavy atom. The molecule has 1 aromatic heterocycles. The number of aromatic nitrogens is 2. The van der Waals surface area contributed by atoms with Gasteiger partial charge in [-0.3, -0.25) is 4.79 Å². The molecule has 5 heteroatoms. The van der Waals surface area contributed by atoms with Gasteiger partial charge in [0.15, 0.2) is 12.4 Å². The molecule has 0 radical (unpaired) electrons. The van der Waals surface area contributed by atoms with Crippen molar-refractivity contribution >= 4 is 22.8 Å². The molecular formula is C22H20N2O3. The van der Waals surface area contributed by atoms with Crippen molar-refractivity contribution in [3.63, 3.8) is 0 Å². The van der Waals surface area contributed by atoms with E-state index in [9.17, 15) is 9.59 Å². The molecule has 0 aliphatic heterocycles. The summed E-state index contributed by atoms with van der Waals surface area (Å²) in [6, 6.07) is 10.8. The van der Waals surface area contributed by atoms with E-state index in [2.05, 4.69) is 9.97 Å². The SMILES string of the molecule is Cc1nc2ccc(C(=O)OCC(=O)c3ccc4c(c3)CCC4)cc2nc1C. The molecule has 3 aromatic rings. The van der Waals surface area contributed by atoms with Crippen LogP contribution in [0.15, 0.2) is 36.4 Å². The number of fused-ring (bicyclic) bond motifs is 2. The first-order chi connectivity index (χ1) is 13.0. The topological polar surface area (TPSA) is 69.2 Å². The lowest BCUT2D eigenvalue weighted by molar-refractivity contribution is 0.0475. The molecule has 1 aliphatic rings. The van der Waals surface area contributed by atoms with Crippen LogP contribution in [0, 0.1) is 13.8 Å². The lowest BCUT2D eigenvalue weighted by atomic mass is 10.0. The fourth-order valence-electron chi connectivity index (χ4n) is 3.40. The highest BCUT2D eigenvalue weighted by Gasteiger charge is 2.16. The predicted octanol–water partition coefficient (Wildman–Crippen LogP) is 3.78. The molecule has 0 unspecified atom stereocenters. The monoisotopic (exact) mass is 360 g/mol. The molecule has 0 N–H and O–H groups in total. The van der Waals surface area contributed by atoms with Gasteiger partial charge in [0.25, 0.3) is 0 Å². The molecule has 0 atom stereocenters. The van der Waals surface area contributed by atoms with Gasteiger partial charge in [-0.15, -0.1) is 0 Å². The second kappa shape index (κ2) is 6.91. The van der Waals surface area contributed by atoms with Gasteiger partial charge in [0, 0.05) is 5.56 Å². The van der Waals surface area contributed by atoms with Gasteiger partial charge in [0.05, 0.1) is 28.0 Å². The standard InChI is InChI=1S/C22H20N2O3/c1-13-14(2)24-20-11-18(8-9-19(20)23-13)22(26)27-12-21(25)17-7-6-15-4-3-5-16(15)10-17/h6-11H,3-5,12H2,1-2H3. The second-order valence-corrected chi connectivity index (χ2v) is 6.93. The van der Waals surface area contributed by atoms with E-state index in [-0.39, 0.29) is 12.4 Å². The number of ether oxygens (including phenoxy) is 1. The Balaban J connectivity index is 1.46. The maximum atomic E-state index is 12.4. The number of aryl methyl sites for hydroxylation is 4. The molecule has 0 amide bonds. The van der Waals surface area contributed by atoms with Crippen molar-refractivity contribution in [2.75, 3.05) is 6.61 Å². The van der Waals surface area contributed by atoms with Gasteiger partial charge >= 0.3 is 5.97 Å². The average molecular weight is 360 g/mol. The molecule has 0 saturated carbocycles. The largest absolute Gasteiger partial charge is 0.454 e. The van der Waals surface area contributed by atoms with Crippen LogP contribution in [-0.4, -0.2) is 28.3 Å². The van der Waals surface area contributed by atoms with Crippen LogP contribution >= 0.6 is 0 Å². The molecule has 0 bridgehead atoms. The fourth-order valence-corrected chi connectivity index (χ4v) is 3.40. The first-order valence-electron chi connectivity index (χ1n) is 9.08. The third-order valence-electron chi connectivity index (χ3n) is 5.07. The van der Waals surface area contributed by atoms with Crippen LogP contribution in [0.25, 0.3) is 11.0 Å². The van der Waals surface area contributed by atoms with E-state index in [0.717, 1.165) is 36.2 Å². The van der Waals surface area contributed by atoms with Gasteiger partial charge in [0.2, 0.25) is 0 Å². The van der Waals surface area contributed by atoms with Gasteiger partial charge < -0.3 is 4.74 Å². The zero-order chi connectivity index (χ0) is 19.0. The summed E-state index contributed by atoms with van der Waals surface area (Å²) in [6.07, 6.45) is 3.21. The van der Waals surface area contributed by atoms with Crippen molar-refractivity contribution in [3.8, 4) is 0 Å². The van der Waals surface area contributed by atoms with E-state index < -0.39 is 5.97 Å². The number of nitrogens with zero attached hydrogens (tertiary/aromatic N) is 2. The number of esters is 1. The van der Waals surface area contributed by atoms with Crippen LogP contribution in [0.3, 0.4) is 0 Å². The first-order valence-corrected chi connectivity index (χ1v) is 9.08. The third kappa shape index (κ3) is 3.45. The zero-order valence-electron chi connectivity index (χ0n) is 15.4. The van der Waals surface area contributed by atoms with Gasteiger partial charge in [-0.2, -0.15) is 0 Å². The summed E-state index contributed by atoms with van der Waals surface area (Å²) in [4.78, 5) is 33.6. The zero-order valence-corrected chi connectivity index (χ0v) is 15.4. The Morgan fingerprint density at radius 3 is 2.41 bits per heavy atom. The number of carbonyl (C=O) groups excluding carboxylic acids is 2. The van der Waals surface area contributed by atoms with Gasteiger partial charge in [-0.05, 0) is 68.5 Å².